The van der Waals surface area contributed by atoms with E-state index >= 15 is 0 Å². The quantitative estimate of drug-likeness (QED) is 0.479. The molecule has 0 saturated carbocycles. The van der Waals surface area contributed by atoms with E-state index in [0.29, 0.717) is 17.0 Å². The number of alkyl halides is 4. The van der Waals surface area contributed by atoms with E-state index in [-0.39, 0.29) is 26.0 Å². The van der Waals surface area contributed by atoms with E-state index in [0.717, 1.165) is 6.26 Å². The van der Waals surface area contributed by atoms with Gasteiger partial charge in [-0.3, -0.25) is 0 Å². The van der Waals surface area contributed by atoms with Crippen LogP contribution in [0.25, 0.3) is 17.0 Å². The number of anilines is 1. The lowest BCUT2D eigenvalue weighted by atomic mass is 10.2. The average molecular weight is 536 g/mol. The zero-order chi connectivity index (χ0) is 26.7. The number of fused-ring (bicyclic) bond motifs is 1. The van der Waals surface area contributed by atoms with Gasteiger partial charge in [0.25, 0.3) is 0 Å². The molecule has 1 N–H and O–H groups in total. The smallest absolute Gasteiger partial charge is 0.360 e. The molecule has 0 aliphatic carbocycles. The van der Waals surface area contributed by atoms with Crippen LogP contribution in [-0.2, 0) is 14.8 Å². The molecule has 10 nitrogen and oxygen atoms in total. The van der Waals surface area contributed by atoms with Crippen molar-refractivity contribution in [3.05, 3.63) is 36.4 Å². The van der Waals surface area contributed by atoms with Gasteiger partial charge < -0.3 is 9.64 Å². The van der Waals surface area contributed by atoms with Crippen molar-refractivity contribution in [3.63, 3.8) is 0 Å². The molecule has 3 aromatic heterocycles. The van der Waals surface area contributed by atoms with Gasteiger partial charge in [0.15, 0.2) is 11.8 Å². The number of ether oxygens (including phenoxy) is 1. The molecule has 0 amide bonds. The van der Waals surface area contributed by atoms with E-state index < -0.39 is 41.1 Å². The van der Waals surface area contributed by atoms with Crippen LogP contribution in [0.3, 0.4) is 0 Å². The van der Waals surface area contributed by atoms with Gasteiger partial charge in [-0.1, -0.05) is 13.8 Å². The summed E-state index contributed by atoms with van der Waals surface area (Å²) in [5.74, 6) is 0.178. The molecule has 15 heteroatoms. The van der Waals surface area contributed by atoms with Gasteiger partial charge >= 0.3 is 6.18 Å². The fourth-order valence-corrected chi connectivity index (χ4v) is 3.99. The minimum atomic E-state index is -4.66. The van der Waals surface area contributed by atoms with Crippen LogP contribution in [0.4, 0.5) is 23.4 Å². The third-order valence-corrected chi connectivity index (χ3v) is 5.83. The summed E-state index contributed by atoms with van der Waals surface area (Å²) >= 11 is 0. The van der Waals surface area contributed by atoms with Gasteiger partial charge in [0, 0.05) is 20.6 Å². The number of sulfonamides is 1. The molecular formula is C21H29F4N7O3S. The Hall–Kier alpha value is -2.91. The summed E-state index contributed by atoms with van der Waals surface area (Å²) in [6.45, 7) is 4.43. The molecule has 4 rings (SSSR count). The summed E-state index contributed by atoms with van der Waals surface area (Å²) < 4.78 is 85.6. The number of nitrogens with one attached hydrogen (secondary N) is 1. The van der Waals surface area contributed by atoms with Crippen LogP contribution in [0.2, 0.25) is 0 Å². The van der Waals surface area contributed by atoms with Crippen molar-refractivity contribution in [2.24, 2.45) is 0 Å². The van der Waals surface area contributed by atoms with Gasteiger partial charge in [0.05, 0.1) is 36.5 Å². The topological polar surface area (TPSA) is 115 Å². The number of hydrogen-bond acceptors (Lipinski definition) is 8. The van der Waals surface area contributed by atoms with Gasteiger partial charge in [-0.05, 0) is 19.1 Å². The van der Waals surface area contributed by atoms with Crippen LogP contribution < -0.4 is 9.62 Å². The second-order valence-corrected chi connectivity index (χ2v) is 9.70. The van der Waals surface area contributed by atoms with Crippen molar-refractivity contribution in [2.45, 2.75) is 45.3 Å². The molecule has 1 fully saturated rings. The molecule has 1 saturated heterocycles. The van der Waals surface area contributed by atoms with Crippen LogP contribution in [0, 0.1) is 0 Å². The molecule has 0 bridgehead atoms. The van der Waals surface area contributed by atoms with Gasteiger partial charge in [0.1, 0.15) is 24.0 Å². The fourth-order valence-electron chi connectivity index (χ4n) is 3.50. The number of morpholine rings is 1. The Bertz CT molecular complexity index is 1290. The SMILES string of the molecule is CC.CC(F)c1ccc2ncc(-c3cc(N4C[C@@H](CNS(C)(=O)=O)O[C@@H](C(F)(F)F)C4)ncn3)n2n1.[HH]. The highest BCUT2D eigenvalue weighted by atomic mass is 32.2. The largest absolute Gasteiger partial charge is 0.416 e. The standard InChI is InChI=1S/C19H21F4N7O3S.C2H6.H2/c1-11(20)13-3-4-17-24-7-15(30(17)28-13)14-5-18(26-10-25-14)29-8-12(6-27-34(2,31)32)33-16(9-29)19(21,22)23;1-2;/h3-5,7,10-12,16,27H,6,8-9H2,1-2H3;1-2H3;1H/t11?,12-,16-;;/m1../s1. The lowest BCUT2D eigenvalue weighted by Crippen LogP contribution is -2.56. The lowest BCUT2D eigenvalue weighted by molar-refractivity contribution is -0.234. The number of rotatable bonds is 6. The van der Waals surface area contributed by atoms with E-state index in [4.69, 9.17) is 4.74 Å². The van der Waals surface area contributed by atoms with Crippen molar-refractivity contribution >= 4 is 21.5 Å². The highest BCUT2D eigenvalue weighted by Crippen LogP contribution is 2.30. The maximum absolute atomic E-state index is 13.7. The lowest BCUT2D eigenvalue weighted by Gasteiger charge is -2.39. The molecule has 1 aliphatic heterocycles. The van der Waals surface area contributed by atoms with Crippen molar-refractivity contribution in [1.29, 1.82) is 0 Å². The van der Waals surface area contributed by atoms with E-state index in [1.54, 1.807) is 6.07 Å². The molecule has 3 atom stereocenters. The molecule has 4 heterocycles. The van der Waals surface area contributed by atoms with Gasteiger partial charge in [-0.2, -0.15) is 18.3 Å². The summed E-state index contributed by atoms with van der Waals surface area (Å²) in [7, 11) is -3.62. The fraction of sp³-hybridized carbons (Fsp3) is 0.524. The monoisotopic (exact) mass is 535 g/mol. The normalized spacial score (nSPS) is 19.6. The zero-order valence-corrected chi connectivity index (χ0v) is 20.9. The Kier molecular flexibility index (Phi) is 8.46. The van der Waals surface area contributed by atoms with Crippen molar-refractivity contribution in [1.82, 2.24) is 29.3 Å². The average Bonchev–Trinajstić information content (AvgIpc) is 3.26. The molecule has 36 heavy (non-hydrogen) atoms. The summed E-state index contributed by atoms with van der Waals surface area (Å²) in [6.07, 6.45) is -5.62. The van der Waals surface area contributed by atoms with Gasteiger partial charge in [-0.15, -0.1) is 0 Å². The number of aromatic nitrogens is 5. The molecule has 1 aliphatic rings. The summed E-state index contributed by atoms with van der Waals surface area (Å²) in [5, 5.41) is 4.23. The highest BCUT2D eigenvalue weighted by Gasteiger charge is 2.46. The molecular weight excluding hydrogens is 506 g/mol. The number of hydrogen-bond donors (Lipinski definition) is 1. The summed E-state index contributed by atoms with van der Waals surface area (Å²) in [6, 6.07) is 4.58. The van der Waals surface area contributed by atoms with E-state index in [2.05, 4.69) is 24.8 Å². The first kappa shape index (κ1) is 27.7. The number of imidazole rings is 1. The Morgan fingerprint density at radius 2 is 1.94 bits per heavy atom. The molecule has 3 aromatic rings. The molecule has 200 valence electrons. The van der Waals surface area contributed by atoms with Crippen LogP contribution >= 0.6 is 0 Å². The maximum atomic E-state index is 13.7. The van der Waals surface area contributed by atoms with Crippen LogP contribution in [0.5, 0.6) is 0 Å². The van der Waals surface area contributed by atoms with Gasteiger partial charge in [0.2, 0.25) is 10.0 Å². The second kappa shape index (κ2) is 11.0. The maximum Gasteiger partial charge on any atom is 0.416 e. The Morgan fingerprint density at radius 3 is 2.58 bits per heavy atom. The van der Waals surface area contributed by atoms with Crippen LogP contribution in [-0.4, -0.2) is 77.3 Å². The van der Waals surface area contributed by atoms with E-state index in [9.17, 15) is 26.0 Å². The third kappa shape index (κ3) is 6.64. The highest BCUT2D eigenvalue weighted by molar-refractivity contribution is 7.88. The molecule has 0 spiro atoms. The van der Waals surface area contributed by atoms with Gasteiger partial charge in [-0.25, -0.2) is 37.0 Å². The van der Waals surface area contributed by atoms with E-state index in [1.165, 1.54) is 41.0 Å². The molecule has 1 unspecified atom stereocenters. The minimum absolute atomic E-state index is 0. The molecule has 0 aromatic carbocycles. The van der Waals surface area contributed by atoms with E-state index in [1.807, 2.05) is 13.8 Å². The summed E-state index contributed by atoms with van der Waals surface area (Å²) in [4.78, 5) is 13.8. The predicted molar refractivity (Wildman–Crippen MR) is 127 cm³/mol. The number of nitrogens with zero attached hydrogens (tertiary/aromatic N) is 6. The van der Waals surface area contributed by atoms with Crippen LogP contribution in [0.1, 0.15) is 34.1 Å². The number of halogens is 4. The van der Waals surface area contributed by atoms with Crippen molar-refractivity contribution in [3.8, 4) is 11.4 Å². The Morgan fingerprint density at radius 1 is 1.22 bits per heavy atom. The first-order valence-corrected chi connectivity index (χ1v) is 13.0. The zero-order valence-electron chi connectivity index (χ0n) is 20.1. The van der Waals surface area contributed by atoms with Crippen molar-refractivity contribution in [2.75, 3.05) is 30.8 Å². The molecule has 0 radical (unpaired) electrons. The Labute approximate surface area is 207 Å². The minimum Gasteiger partial charge on any atom is -0.360 e. The predicted octanol–water partition coefficient (Wildman–Crippen LogP) is 3.17. The second-order valence-electron chi connectivity index (χ2n) is 7.86. The van der Waals surface area contributed by atoms with Crippen molar-refractivity contribution < 1.29 is 32.1 Å². The third-order valence-electron chi connectivity index (χ3n) is 5.13. The summed E-state index contributed by atoms with van der Waals surface area (Å²) in [5.41, 5.74) is 1.34. The Balaban J connectivity index is 0.00000157. The van der Waals surface area contributed by atoms with Crippen LogP contribution in [0.15, 0.2) is 30.7 Å². The first-order chi connectivity index (χ1) is 16.9. The first-order valence-electron chi connectivity index (χ1n) is 11.1.